The maximum atomic E-state index is 12.5. The number of pyridine rings is 1. The van der Waals surface area contributed by atoms with Gasteiger partial charge in [0.25, 0.3) is 0 Å². The first-order valence-corrected chi connectivity index (χ1v) is 14.5. The van der Waals surface area contributed by atoms with Crippen molar-refractivity contribution in [1.82, 2.24) is 4.98 Å². The Morgan fingerprint density at radius 1 is 0.806 bits per heavy atom. The number of carbonyl (C=O) groups is 1. The lowest BCUT2D eigenvalue weighted by Gasteiger charge is -2.14. The second-order valence-electron chi connectivity index (χ2n) is 10.1. The molecule has 0 aliphatic carbocycles. The van der Waals surface area contributed by atoms with E-state index >= 15 is 0 Å². The molecule has 1 aromatic carbocycles. The molecule has 0 fully saturated rings. The summed E-state index contributed by atoms with van der Waals surface area (Å²) in [7, 11) is 0. The van der Waals surface area contributed by atoms with E-state index in [-0.39, 0.29) is 5.97 Å². The Bertz CT molecular complexity index is 851. The fourth-order valence-electron chi connectivity index (χ4n) is 4.41. The first-order valence-electron chi connectivity index (χ1n) is 14.5. The maximum Gasteiger partial charge on any atom is 0.311 e. The number of hydrogen-bond donors (Lipinski definition) is 0. The number of benzene rings is 1. The molecule has 0 spiro atoms. The smallest absolute Gasteiger partial charge is 0.311 e. The number of esters is 1. The molecule has 0 N–H and O–H groups in total. The molecule has 1 atom stereocenters. The van der Waals surface area contributed by atoms with Crippen molar-refractivity contribution in [3.63, 3.8) is 0 Å². The van der Waals surface area contributed by atoms with Crippen LogP contribution in [0.2, 0.25) is 0 Å². The molecule has 0 aliphatic rings. The molecule has 4 nitrogen and oxygen atoms in total. The number of nitrogens with zero attached hydrogens (tertiary/aromatic N) is 1. The van der Waals surface area contributed by atoms with Crippen LogP contribution in [0.15, 0.2) is 42.7 Å². The Labute approximate surface area is 220 Å². The quantitative estimate of drug-likeness (QED) is 0.104. The van der Waals surface area contributed by atoms with E-state index < -0.39 is 0 Å². The van der Waals surface area contributed by atoms with Gasteiger partial charge in [-0.15, -0.1) is 0 Å². The van der Waals surface area contributed by atoms with Gasteiger partial charge in [-0.3, -0.25) is 9.78 Å². The Hall–Kier alpha value is -2.36. The molecule has 1 aromatic heterocycles. The predicted octanol–water partition coefficient (Wildman–Crippen LogP) is 9.56. The molecule has 0 saturated heterocycles. The van der Waals surface area contributed by atoms with Gasteiger partial charge in [0.2, 0.25) is 0 Å². The zero-order valence-electron chi connectivity index (χ0n) is 23.1. The Morgan fingerprint density at radius 3 is 2.19 bits per heavy atom. The SMILES string of the molecule is CCCCCCCCCCCCOc1cnccc1-c1ccccc1OC(=O)CCCCC(C)CC. The van der Waals surface area contributed by atoms with Crippen LogP contribution in [0.25, 0.3) is 11.1 Å². The molecule has 0 saturated carbocycles. The van der Waals surface area contributed by atoms with Crippen LogP contribution < -0.4 is 9.47 Å². The van der Waals surface area contributed by atoms with Gasteiger partial charge in [0.1, 0.15) is 11.5 Å². The van der Waals surface area contributed by atoms with Crippen molar-refractivity contribution >= 4 is 5.97 Å². The van der Waals surface area contributed by atoms with Gasteiger partial charge in [0, 0.05) is 23.7 Å². The number of para-hydroxylation sites is 1. The summed E-state index contributed by atoms with van der Waals surface area (Å²) in [4.78, 5) is 16.8. The Balaban J connectivity index is 1.80. The third-order valence-electron chi connectivity index (χ3n) is 6.97. The molecule has 1 unspecified atom stereocenters. The molecule has 0 radical (unpaired) electrons. The average molecular weight is 496 g/mol. The van der Waals surface area contributed by atoms with Crippen LogP contribution in [0.5, 0.6) is 11.5 Å². The molecule has 1 heterocycles. The third kappa shape index (κ3) is 12.1. The van der Waals surface area contributed by atoms with E-state index in [0.717, 1.165) is 42.6 Å². The van der Waals surface area contributed by atoms with Crippen molar-refractivity contribution in [2.75, 3.05) is 6.61 Å². The first kappa shape index (κ1) is 29.9. The highest BCUT2D eigenvalue weighted by molar-refractivity contribution is 5.80. The van der Waals surface area contributed by atoms with E-state index in [1.165, 1.54) is 64.2 Å². The standard InChI is InChI=1S/C32H49NO3/c1-4-6-7-8-9-10-11-12-13-18-25-35-31-26-33-24-23-29(31)28-20-15-16-21-30(28)36-32(34)22-17-14-19-27(3)5-2/h15-16,20-21,23-24,26-27H,4-14,17-19,22,25H2,1-3H3. The molecule has 0 bridgehead atoms. The summed E-state index contributed by atoms with van der Waals surface area (Å²) in [5.74, 6) is 1.87. The summed E-state index contributed by atoms with van der Waals surface area (Å²) in [5.41, 5.74) is 1.78. The van der Waals surface area contributed by atoms with Gasteiger partial charge in [-0.2, -0.15) is 0 Å². The van der Waals surface area contributed by atoms with Crippen molar-refractivity contribution < 1.29 is 14.3 Å². The lowest BCUT2D eigenvalue weighted by atomic mass is 10.0. The van der Waals surface area contributed by atoms with E-state index in [1.807, 2.05) is 30.3 Å². The second-order valence-corrected chi connectivity index (χ2v) is 10.1. The molecule has 0 amide bonds. The van der Waals surface area contributed by atoms with Gasteiger partial charge in [-0.1, -0.05) is 116 Å². The highest BCUT2D eigenvalue weighted by Crippen LogP contribution is 2.36. The van der Waals surface area contributed by atoms with E-state index in [0.29, 0.717) is 24.7 Å². The van der Waals surface area contributed by atoms with Crippen LogP contribution in [0, 0.1) is 5.92 Å². The van der Waals surface area contributed by atoms with E-state index in [4.69, 9.17) is 9.47 Å². The predicted molar refractivity (Wildman–Crippen MR) is 151 cm³/mol. The number of aromatic nitrogens is 1. The number of unbranched alkanes of at least 4 members (excludes halogenated alkanes) is 10. The van der Waals surface area contributed by atoms with Crippen LogP contribution in [-0.4, -0.2) is 17.6 Å². The molecular weight excluding hydrogens is 446 g/mol. The molecule has 200 valence electrons. The minimum atomic E-state index is -0.173. The molecular formula is C32H49NO3. The van der Waals surface area contributed by atoms with Crippen molar-refractivity contribution in [3.05, 3.63) is 42.7 Å². The summed E-state index contributed by atoms with van der Waals surface area (Å²) in [6.45, 7) is 7.42. The summed E-state index contributed by atoms with van der Waals surface area (Å²) >= 11 is 0. The van der Waals surface area contributed by atoms with Crippen molar-refractivity contribution in [2.24, 2.45) is 5.92 Å². The summed E-state index contributed by atoms with van der Waals surface area (Å²) < 4.78 is 11.9. The molecule has 36 heavy (non-hydrogen) atoms. The number of ether oxygens (including phenoxy) is 2. The molecule has 2 aromatic rings. The fraction of sp³-hybridized carbons (Fsp3) is 0.625. The fourth-order valence-corrected chi connectivity index (χ4v) is 4.41. The summed E-state index contributed by atoms with van der Waals surface area (Å²) in [6, 6.07) is 9.64. The second kappa shape index (κ2) is 18.8. The number of rotatable bonds is 20. The minimum Gasteiger partial charge on any atom is -0.491 e. The molecule has 4 heteroatoms. The Kier molecular flexibility index (Phi) is 15.6. The van der Waals surface area contributed by atoms with E-state index in [1.54, 1.807) is 12.4 Å². The van der Waals surface area contributed by atoms with Crippen molar-refractivity contribution in [3.8, 4) is 22.6 Å². The zero-order valence-corrected chi connectivity index (χ0v) is 23.1. The lowest BCUT2D eigenvalue weighted by Crippen LogP contribution is -2.09. The van der Waals surface area contributed by atoms with Crippen LogP contribution in [0.4, 0.5) is 0 Å². The van der Waals surface area contributed by atoms with Gasteiger partial charge in [0.15, 0.2) is 0 Å². The van der Waals surface area contributed by atoms with Crippen LogP contribution >= 0.6 is 0 Å². The third-order valence-corrected chi connectivity index (χ3v) is 6.97. The lowest BCUT2D eigenvalue weighted by molar-refractivity contribution is -0.134. The largest absolute Gasteiger partial charge is 0.491 e. The number of hydrogen-bond acceptors (Lipinski definition) is 4. The van der Waals surface area contributed by atoms with E-state index in [9.17, 15) is 4.79 Å². The Morgan fingerprint density at radius 2 is 1.47 bits per heavy atom. The normalized spacial score (nSPS) is 11.9. The van der Waals surface area contributed by atoms with Crippen LogP contribution in [0.1, 0.15) is 117 Å². The van der Waals surface area contributed by atoms with Crippen molar-refractivity contribution in [2.45, 2.75) is 117 Å². The first-order chi connectivity index (χ1) is 17.7. The monoisotopic (exact) mass is 495 g/mol. The van der Waals surface area contributed by atoms with Gasteiger partial charge in [0.05, 0.1) is 12.8 Å². The van der Waals surface area contributed by atoms with Gasteiger partial charge < -0.3 is 9.47 Å². The van der Waals surface area contributed by atoms with Crippen LogP contribution in [0.3, 0.4) is 0 Å². The van der Waals surface area contributed by atoms with Crippen LogP contribution in [-0.2, 0) is 4.79 Å². The van der Waals surface area contributed by atoms with Gasteiger partial charge >= 0.3 is 5.97 Å². The van der Waals surface area contributed by atoms with E-state index in [2.05, 4.69) is 25.8 Å². The van der Waals surface area contributed by atoms with Crippen molar-refractivity contribution in [1.29, 1.82) is 0 Å². The maximum absolute atomic E-state index is 12.5. The van der Waals surface area contributed by atoms with Gasteiger partial charge in [-0.25, -0.2) is 0 Å². The summed E-state index contributed by atoms with van der Waals surface area (Å²) in [6.07, 6.45) is 21.3. The molecule has 2 rings (SSSR count). The van der Waals surface area contributed by atoms with Gasteiger partial charge in [-0.05, 0) is 30.9 Å². The zero-order chi connectivity index (χ0) is 25.8. The topological polar surface area (TPSA) is 48.4 Å². The highest BCUT2D eigenvalue weighted by atomic mass is 16.5. The summed E-state index contributed by atoms with van der Waals surface area (Å²) in [5, 5.41) is 0. The number of carbonyl (C=O) groups excluding carboxylic acids is 1. The average Bonchev–Trinajstić information content (AvgIpc) is 2.90. The minimum absolute atomic E-state index is 0.173. The molecule has 0 aliphatic heterocycles. The highest BCUT2D eigenvalue weighted by Gasteiger charge is 2.14.